The summed E-state index contributed by atoms with van der Waals surface area (Å²) in [6, 6.07) is 7.70. The number of benzene rings is 1. The zero-order valence-corrected chi connectivity index (χ0v) is 15.6. The van der Waals surface area contributed by atoms with Crippen molar-refractivity contribution in [1.29, 1.82) is 0 Å². The van der Waals surface area contributed by atoms with Crippen LogP contribution >= 0.6 is 11.3 Å². The maximum absolute atomic E-state index is 12.3. The highest BCUT2D eigenvalue weighted by Crippen LogP contribution is 2.26. The van der Waals surface area contributed by atoms with Crippen molar-refractivity contribution in [2.24, 2.45) is 0 Å². The van der Waals surface area contributed by atoms with Crippen molar-refractivity contribution in [2.45, 2.75) is 23.0 Å². The van der Waals surface area contributed by atoms with E-state index in [9.17, 15) is 16.8 Å². The molecule has 0 fully saturated rings. The van der Waals surface area contributed by atoms with Gasteiger partial charge in [0.2, 0.25) is 10.0 Å². The standard InChI is InChI=1S/C14H18N2O4S3/c1-10-5-7-12(9-13(10)23(19,20)16(3)4)15-22(17,18)14-8-6-11(2)21-14/h5-9,15H,1-4H3. The Kier molecular flexibility index (Phi) is 4.86. The fraction of sp³-hybridized carbons (Fsp3) is 0.286. The van der Waals surface area contributed by atoms with Crippen LogP contribution in [0.1, 0.15) is 10.4 Å². The number of sulfonamides is 2. The van der Waals surface area contributed by atoms with Gasteiger partial charge in [-0.2, -0.15) is 0 Å². The molecule has 9 heteroatoms. The second-order valence-electron chi connectivity index (χ2n) is 5.24. The summed E-state index contributed by atoms with van der Waals surface area (Å²) in [5, 5.41) is 0. The summed E-state index contributed by atoms with van der Waals surface area (Å²) in [7, 11) is -4.51. The summed E-state index contributed by atoms with van der Waals surface area (Å²) in [5.41, 5.74) is 0.760. The molecule has 0 saturated heterocycles. The minimum absolute atomic E-state index is 0.0741. The highest BCUT2D eigenvalue weighted by atomic mass is 32.2. The van der Waals surface area contributed by atoms with Crippen molar-refractivity contribution < 1.29 is 16.8 Å². The van der Waals surface area contributed by atoms with Crippen LogP contribution in [-0.2, 0) is 20.0 Å². The number of thiophene rings is 1. The average molecular weight is 375 g/mol. The van der Waals surface area contributed by atoms with Crippen LogP contribution in [0.3, 0.4) is 0 Å². The molecule has 1 aromatic carbocycles. The molecule has 0 unspecified atom stereocenters. The summed E-state index contributed by atoms with van der Waals surface area (Å²) in [6.45, 7) is 3.48. The first-order chi connectivity index (χ1) is 10.5. The molecule has 0 aliphatic heterocycles. The maximum Gasteiger partial charge on any atom is 0.271 e. The van der Waals surface area contributed by atoms with Crippen LogP contribution in [0.25, 0.3) is 0 Å². The molecular formula is C14H18N2O4S3. The van der Waals surface area contributed by atoms with Crippen molar-refractivity contribution in [1.82, 2.24) is 4.31 Å². The van der Waals surface area contributed by atoms with Crippen molar-refractivity contribution >= 4 is 37.1 Å². The Morgan fingerprint density at radius 2 is 1.65 bits per heavy atom. The first kappa shape index (κ1) is 17.9. The summed E-state index contributed by atoms with van der Waals surface area (Å²) in [4.78, 5) is 0.954. The zero-order valence-electron chi connectivity index (χ0n) is 13.2. The first-order valence-electron chi connectivity index (χ1n) is 6.66. The number of anilines is 1. The molecule has 0 amide bonds. The number of hydrogen-bond acceptors (Lipinski definition) is 5. The molecule has 126 valence electrons. The molecule has 1 aromatic heterocycles. The van der Waals surface area contributed by atoms with Crippen LogP contribution < -0.4 is 4.72 Å². The molecule has 0 bridgehead atoms. The van der Waals surface area contributed by atoms with Gasteiger partial charge in [0, 0.05) is 19.0 Å². The van der Waals surface area contributed by atoms with Gasteiger partial charge < -0.3 is 0 Å². The van der Waals surface area contributed by atoms with E-state index in [2.05, 4.69) is 4.72 Å². The third-order valence-electron chi connectivity index (χ3n) is 3.18. The highest BCUT2D eigenvalue weighted by molar-refractivity contribution is 7.94. The van der Waals surface area contributed by atoms with Gasteiger partial charge in [-0.15, -0.1) is 11.3 Å². The predicted molar refractivity (Wildman–Crippen MR) is 91.9 cm³/mol. The van der Waals surface area contributed by atoms with Crippen molar-refractivity contribution in [3.63, 3.8) is 0 Å². The lowest BCUT2D eigenvalue weighted by Crippen LogP contribution is -2.23. The quantitative estimate of drug-likeness (QED) is 0.871. The lowest BCUT2D eigenvalue weighted by Gasteiger charge is -2.15. The fourth-order valence-electron chi connectivity index (χ4n) is 1.90. The molecule has 2 rings (SSSR count). The lowest BCUT2D eigenvalue weighted by molar-refractivity contribution is 0.520. The summed E-state index contributed by atoms with van der Waals surface area (Å²) in [6.07, 6.45) is 0. The molecule has 23 heavy (non-hydrogen) atoms. The van der Waals surface area contributed by atoms with Crippen LogP contribution in [-0.4, -0.2) is 35.2 Å². The van der Waals surface area contributed by atoms with Crippen LogP contribution in [0.15, 0.2) is 39.4 Å². The SMILES string of the molecule is Cc1ccc(S(=O)(=O)Nc2ccc(C)c(S(=O)(=O)N(C)C)c2)s1. The first-order valence-corrected chi connectivity index (χ1v) is 10.4. The van der Waals surface area contributed by atoms with Gasteiger partial charge >= 0.3 is 0 Å². The average Bonchev–Trinajstić information content (AvgIpc) is 2.88. The van der Waals surface area contributed by atoms with E-state index in [0.717, 1.165) is 20.5 Å². The van der Waals surface area contributed by atoms with Crippen LogP contribution in [0.5, 0.6) is 0 Å². The molecular weight excluding hydrogens is 356 g/mol. The topological polar surface area (TPSA) is 83.5 Å². The minimum Gasteiger partial charge on any atom is -0.279 e. The Morgan fingerprint density at radius 3 is 2.17 bits per heavy atom. The fourth-order valence-corrected chi connectivity index (χ4v) is 5.38. The van der Waals surface area contributed by atoms with Gasteiger partial charge in [0.1, 0.15) is 4.21 Å². The molecule has 0 aliphatic carbocycles. The van der Waals surface area contributed by atoms with E-state index in [1.807, 2.05) is 6.92 Å². The van der Waals surface area contributed by atoms with Gasteiger partial charge in [-0.25, -0.2) is 21.1 Å². The van der Waals surface area contributed by atoms with Gasteiger partial charge in [-0.3, -0.25) is 4.72 Å². The Balaban J connectivity index is 2.43. The third kappa shape index (κ3) is 3.74. The number of hydrogen-bond donors (Lipinski definition) is 1. The largest absolute Gasteiger partial charge is 0.279 e. The molecule has 1 heterocycles. The van der Waals surface area contributed by atoms with E-state index >= 15 is 0 Å². The lowest BCUT2D eigenvalue weighted by atomic mass is 10.2. The monoisotopic (exact) mass is 374 g/mol. The molecule has 1 N–H and O–H groups in total. The maximum atomic E-state index is 12.3. The summed E-state index contributed by atoms with van der Waals surface area (Å²) >= 11 is 1.15. The second-order valence-corrected chi connectivity index (χ2v) is 10.6. The molecule has 0 atom stereocenters. The molecule has 6 nitrogen and oxygen atoms in total. The third-order valence-corrected chi connectivity index (χ3v) is 8.01. The van der Waals surface area contributed by atoms with Crippen molar-refractivity contribution in [2.75, 3.05) is 18.8 Å². The number of nitrogens with one attached hydrogen (secondary N) is 1. The second kappa shape index (κ2) is 6.23. The zero-order chi connectivity index (χ0) is 17.4. The molecule has 2 aromatic rings. The van der Waals surface area contributed by atoms with E-state index in [0.29, 0.717) is 5.56 Å². The number of rotatable bonds is 5. The highest BCUT2D eigenvalue weighted by Gasteiger charge is 2.22. The Morgan fingerprint density at radius 1 is 1.00 bits per heavy atom. The van der Waals surface area contributed by atoms with Gasteiger partial charge in [-0.05, 0) is 43.7 Å². The van der Waals surface area contributed by atoms with E-state index in [1.165, 1.54) is 26.2 Å². The van der Waals surface area contributed by atoms with Crippen molar-refractivity contribution in [3.8, 4) is 0 Å². The van der Waals surface area contributed by atoms with Gasteiger partial charge in [-0.1, -0.05) is 6.07 Å². The Labute approximate surface area is 140 Å². The van der Waals surface area contributed by atoms with Crippen LogP contribution in [0, 0.1) is 13.8 Å². The minimum atomic E-state index is -3.73. The number of aryl methyl sites for hydroxylation is 2. The molecule has 0 spiro atoms. The van der Waals surface area contributed by atoms with Crippen LogP contribution in [0.4, 0.5) is 5.69 Å². The number of nitrogens with zero attached hydrogens (tertiary/aromatic N) is 1. The van der Waals surface area contributed by atoms with Gasteiger partial charge in [0.25, 0.3) is 10.0 Å². The molecule has 0 aliphatic rings. The van der Waals surface area contributed by atoms with E-state index in [4.69, 9.17) is 0 Å². The van der Waals surface area contributed by atoms with E-state index in [-0.39, 0.29) is 14.8 Å². The van der Waals surface area contributed by atoms with Crippen molar-refractivity contribution in [3.05, 3.63) is 40.8 Å². The summed E-state index contributed by atoms with van der Waals surface area (Å²) < 4.78 is 53.0. The van der Waals surface area contributed by atoms with Gasteiger partial charge in [0.15, 0.2) is 0 Å². The van der Waals surface area contributed by atoms with E-state index in [1.54, 1.807) is 25.1 Å². The molecule has 0 saturated carbocycles. The Hall–Kier alpha value is -1.42. The smallest absolute Gasteiger partial charge is 0.271 e. The molecule has 0 radical (unpaired) electrons. The summed E-state index contributed by atoms with van der Waals surface area (Å²) in [5.74, 6) is 0. The van der Waals surface area contributed by atoms with E-state index < -0.39 is 20.0 Å². The predicted octanol–water partition coefficient (Wildman–Crippen LogP) is 2.42. The van der Waals surface area contributed by atoms with Crippen LogP contribution in [0.2, 0.25) is 0 Å². The Bertz CT molecular complexity index is 929. The normalized spacial score (nSPS) is 12.6. The van der Waals surface area contributed by atoms with Gasteiger partial charge in [0.05, 0.1) is 10.6 Å².